The van der Waals surface area contributed by atoms with Crippen LogP contribution in [0.3, 0.4) is 0 Å². The first-order valence-corrected chi connectivity index (χ1v) is 9.49. The van der Waals surface area contributed by atoms with E-state index in [1.165, 1.54) is 6.07 Å². The maximum Gasteiger partial charge on any atom is 0.150 e. The van der Waals surface area contributed by atoms with Crippen molar-refractivity contribution in [2.75, 3.05) is 18.1 Å². The predicted octanol–water partition coefficient (Wildman–Crippen LogP) is 2.82. The van der Waals surface area contributed by atoms with E-state index < -0.39 is 9.84 Å². The fraction of sp³-hybridized carbons (Fsp3) is 0.600. The molecule has 1 N–H and O–H groups in total. The summed E-state index contributed by atoms with van der Waals surface area (Å²) < 4.78 is 37.3. The second kappa shape index (κ2) is 7.07. The second-order valence-corrected chi connectivity index (χ2v) is 8.26. The van der Waals surface area contributed by atoms with Crippen LogP contribution >= 0.6 is 11.6 Å². The van der Waals surface area contributed by atoms with E-state index in [0.29, 0.717) is 23.4 Å². The molecule has 0 aliphatic carbocycles. The molecule has 2 unspecified atom stereocenters. The van der Waals surface area contributed by atoms with Crippen molar-refractivity contribution in [2.24, 2.45) is 5.92 Å². The first-order chi connectivity index (χ1) is 9.93. The Labute approximate surface area is 130 Å². The third kappa shape index (κ3) is 4.41. The zero-order chi connectivity index (χ0) is 15.5. The van der Waals surface area contributed by atoms with Gasteiger partial charge < -0.3 is 5.32 Å². The summed E-state index contributed by atoms with van der Waals surface area (Å²) in [5, 5.41) is 3.76. The third-order valence-corrected chi connectivity index (χ3v) is 6.13. The highest BCUT2D eigenvalue weighted by Gasteiger charge is 2.34. The second-order valence-electron chi connectivity index (χ2n) is 5.63. The lowest BCUT2D eigenvalue weighted by molar-refractivity contribution is 0.375. The average molecular weight is 334 g/mol. The predicted molar refractivity (Wildman–Crippen MR) is 84.0 cm³/mol. The Bertz CT molecular complexity index is 571. The molecule has 21 heavy (non-hydrogen) atoms. The van der Waals surface area contributed by atoms with Gasteiger partial charge in [-0.2, -0.15) is 0 Å². The summed E-state index contributed by atoms with van der Waals surface area (Å²) >= 11 is 6.08. The molecule has 1 fully saturated rings. The molecule has 1 aliphatic rings. The molecule has 0 saturated carbocycles. The summed E-state index contributed by atoms with van der Waals surface area (Å²) in [5.41, 5.74) is 0.470. The fourth-order valence-electron chi connectivity index (χ4n) is 2.82. The van der Waals surface area contributed by atoms with Gasteiger partial charge in [0.15, 0.2) is 9.84 Å². The van der Waals surface area contributed by atoms with Crippen LogP contribution in [0.5, 0.6) is 0 Å². The van der Waals surface area contributed by atoms with Gasteiger partial charge in [-0.25, -0.2) is 12.8 Å². The lowest BCUT2D eigenvalue weighted by Gasteiger charge is -2.24. The highest BCUT2D eigenvalue weighted by Crippen LogP contribution is 2.27. The Morgan fingerprint density at radius 1 is 1.48 bits per heavy atom. The van der Waals surface area contributed by atoms with Crippen LogP contribution in [0.25, 0.3) is 0 Å². The molecule has 1 heterocycles. The minimum Gasteiger partial charge on any atom is -0.313 e. The van der Waals surface area contributed by atoms with Crippen molar-refractivity contribution in [3.05, 3.63) is 34.6 Å². The van der Waals surface area contributed by atoms with E-state index in [2.05, 4.69) is 5.32 Å². The van der Waals surface area contributed by atoms with Crippen LogP contribution in [0.1, 0.15) is 25.3 Å². The molecule has 0 bridgehead atoms. The summed E-state index contributed by atoms with van der Waals surface area (Å²) in [6.07, 6.45) is 2.00. The molecule has 1 aromatic carbocycles. The molecule has 1 aromatic rings. The van der Waals surface area contributed by atoms with E-state index in [0.717, 1.165) is 13.0 Å². The highest BCUT2D eigenvalue weighted by molar-refractivity contribution is 7.91. The number of nitrogens with one attached hydrogen (secondary N) is 1. The standard InChI is InChI=1S/C15H21ClFNO2S/c1-2-7-18-15(11-6-8-21(19,20)10-11)9-12-13(16)4-3-5-14(12)17/h3-5,11,15,18H,2,6-10H2,1H3. The number of hydrogen-bond donors (Lipinski definition) is 1. The van der Waals surface area contributed by atoms with Crippen molar-refractivity contribution in [1.82, 2.24) is 5.32 Å². The van der Waals surface area contributed by atoms with E-state index >= 15 is 0 Å². The molecule has 2 rings (SSSR count). The minimum absolute atomic E-state index is 0.0252. The summed E-state index contributed by atoms with van der Waals surface area (Å²) in [7, 11) is -2.94. The minimum atomic E-state index is -2.94. The lowest BCUT2D eigenvalue weighted by Crippen LogP contribution is -2.39. The van der Waals surface area contributed by atoms with Gasteiger partial charge in [0.05, 0.1) is 11.5 Å². The van der Waals surface area contributed by atoms with Crippen LogP contribution in [-0.4, -0.2) is 32.5 Å². The Morgan fingerprint density at radius 2 is 2.24 bits per heavy atom. The first kappa shape index (κ1) is 16.7. The number of hydrogen-bond acceptors (Lipinski definition) is 3. The normalized spacial score (nSPS) is 22.3. The molecule has 2 atom stereocenters. The van der Waals surface area contributed by atoms with E-state index in [1.54, 1.807) is 12.1 Å². The molecular formula is C15H21ClFNO2S. The zero-order valence-electron chi connectivity index (χ0n) is 12.1. The van der Waals surface area contributed by atoms with Gasteiger partial charge in [0, 0.05) is 16.6 Å². The van der Waals surface area contributed by atoms with Gasteiger partial charge >= 0.3 is 0 Å². The van der Waals surface area contributed by atoms with Gasteiger partial charge in [-0.05, 0) is 43.9 Å². The van der Waals surface area contributed by atoms with E-state index in [4.69, 9.17) is 11.6 Å². The largest absolute Gasteiger partial charge is 0.313 e. The lowest BCUT2D eigenvalue weighted by atomic mass is 9.92. The molecular weight excluding hydrogens is 313 g/mol. The van der Waals surface area contributed by atoms with Crippen molar-refractivity contribution < 1.29 is 12.8 Å². The average Bonchev–Trinajstić information content (AvgIpc) is 2.78. The SMILES string of the molecule is CCCNC(Cc1c(F)cccc1Cl)C1CCS(=O)(=O)C1. The number of sulfone groups is 1. The highest BCUT2D eigenvalue weighted by atomic mass is 35.5. The van der Waals surface area contributed by atoms with Gasteiger partial charge in [0.1, 0.15) is 5.82 Å². The Morgan fingerprint density at radius 3 is 2.81 bits per heavy atom. The van der Waals surface area contributed by atoms with Crippen molar-refractivity contribution in [3.8, 4) is 0 Å². The van der Waals surface area contributed by atoms with Gasteiger partial charge in [0.25, 0.3) is 0 Å². The Kier molecular flexibility index (Phi) is 5.63. The molecule has 3 nitrogen and oxygen atoms in total. The van der Waals surface area contributed by atoms with Crippen LogP contribution in [0.15, 0.2) is 18.2 Å². The maximum atomic E-state index is 13.9. The third-order valence-electron chi connectivity index (χ3n) is 3.98. The molecule has 1 saturated heterocycles. The molecule has 0 radical (unpaired) electrons. The molecule has 0 spiro atoms. The van der Waals surface area contributed by atoms with Crippen molar-refractivity contribution in [2.45, 2.75) is 32.2 Å². The van der Waals surface area contributed by atoms with Gasteiger partial charge in [0.2, 0.25) is 0 Å². The molecule has 1 aliphatic heterocycles. The van der Waals surface area contributed by atoms with Crippen LogP contribution in [0.4, 0.5) is 4.39 Å². The molecule has 118 valence electrons. The quantitative estimate of drug-likeness (QED) is 0.870. The zero-order valence-corrected chi connectivity index (χ0v) is 13.7. The molecule has 0 aromatic heterocycles. The first-order valence-electron chi connectivity index (χ1n) is 7.29. The molecule has 0 amide bonds. The van der Waals surface area contributed by atoms with Crippen molar-refractivity contribution in [3.63, 3.8) is 0 Å². The van der Waals surface area contributed by atoms with Gasteiger partial charge in [-0.15, -0.1) is 0 Å². The van der Waals surface area contributed by atoms with Crippen molar-refractivity contribution >= 4 is 21.4 Å². The summed E-state index contributed by atoms with van der Waals surface area (Å²) in [5.74, 6) is 0.108. The number of rotatable bonds is 6. The van der Waals surface area contributed by atoms with Crippen LogP contribution in [-0.2, 0) is 16.3 Å². The van der Waals surface area contributed by atoms with E-state index in [9.17, 15) is 12.8 Å². The van der Waals surface area contributed by atoms with Crippen LogP contribution < -0.4 is 5.32 Å². The van der Waals surface area contributed by atoms with E-state index in [-0.39, 0.29) is 29.3 Å². The van der Waals surface area contributed by atoms with E-state index in [1.807, 2.05) is 6.92 Å². The van der Waals surface area contributed by atoms with Crippen LogP contribution in [0, 0.1) is 11.7 Å². The maximum absolute atomic E-state index is 13.9. The van der Waals surface area contributed by atoms with Crippen LogP contribution in [0.2, 0.25) is 5.02 Å². The molecule has 6 heteroatoms. The summed E-state index contributed by atoms with van der Waals surface area (Å²) in [6, 6.07) is 4.58. The van der Waals surface area contributed by atoms with Crippen molar-refractivity contribution in [1.29, 1.82) is 0 Å². The Hall–Kier alpha value is -0.650. The van der Waals surface area contributed by atoms with Gasteiger partial charge in [-0.3, -0.25) is 0 Å². The number of halogens is 2. The smallest absolute Gasteiger partial charge is 0.150 e. The van der Waals surface area contributed by atoms with Gasteiger partial charge in [-0.1, -0.05) is 24.6 Å². The number of benzene rings is 1. The topological polar surface area (TPSA) is 46.2 Å². The fourth-order valence-corrected chi connectivity index (χ4v) is 4.94. The Balaban J connectivity index is 2.17. The monoisotopic (exact) mass is 333 g/mol. The summed E-state index contributed by atoms with van der Waals surface area (Å²) in [6.45, 7) is 2.83. The summed E-state index contributed by atoms with van der Waals surface area (Å²) in [4.78, 5) is 0.